The maximum Gasteiger partial charge on any atom is 1.00 e. The Balaban J connectivity index is 0.00000364. The summed E-state index contributed by atoms with van der Waals surface area (Å²) >= 11 is 0. The largest absolute Gasteiger partial charge is 1.00 e. The molecular weight excluding hydrogens is 470 g/mol. The first-order valence-electron chi connectivity index (χ1n) is 6.48. The molecule has 0 amide bonds. The van der Waals surface area contributed by atoms with Gasteiger partial charge in [0.1, 0.15) is 9.79 Å². The summed E-state index contributed by atoms with van der Waals surface area (Å²) in [4.78, 5) is 19.9. The summed E-state index contributed by atoms with van der Waals surface area (Å²) in [5.41, 5.74) is -1.84. The summed E-state index contributed by atoms with van der Waals surface area (Å²) in [5.74, 6) is -3.76. The van der Waals surface area contributed by atoms with Gasteiger partial charge in [-0.3, -0.25) is 9.11 Å². The Hall–Kier alpha value is 0.473. The van der Waals surface area contributed by atoms with E-state index in [1.807, 2.05) is 0 Å². The van der Waals surface area contributed by atoms with Crippen molar-refractivity contribution < 1.29 is 149 Å². The molecule has 10 nitrogen and oxygen atoms in total. The molecule has 0 aliphatic carbocycles. The summed E-state index contributed by atoms with van der Waals surface area (Å²) in [6, 6.07) is 5.19. The quantitative estimate of drug-likeness (QED) is 0.308. The molecule has 0 aromatic heterocycles. The predicted molar refractivity (Wildman–Crippen MR) is 80.2 cm³/mol. The molecule has 0 fully saturated rings. The van der Waals surface area contributed by atoms with Crippen molar-refractivity contribution in [2.45, 2.75) is 9.79 Å². The zero-order valence-electron chi connectivity index (χ0n) is 14.4. The van der Waals surface area contributed by atoms with E-state index in [-0.39, 0.29) is 114 Å². The fourth-order valence-electron chi connectivity index (χ4n) is 2.17. The maximum atomic E-state index is 11.4. The number of aromatic carboxylic acids is 2. The van der Waals surface area contributed by atoms with Gasteiger partial charge in [-0.05, 0) is 23.3 Å². The maximum absolute atomic E-state index is 11.4. The Bertz CT molecular complexity index is 1050. The average molecular weight is 479 g/mol. The molecule has 28 heavy (non-hydrogen) atoms. The van der Waals surface area contributed by atoms with Gasteiger partial charge >= 0.3 is 103 Å². The van der Waals surface area contributed by atoms with Crippen LogP contribution in [0.5, 0.6) is 0 Å². The van der Waals surface area contributed by atoms with E-state index in [1.165, 1.54) is 0 Å². The second kappa shape index (κ2) is 10.7. The Morgan fingerprint density at radius 2 is 0.964 bits per heavy atom. The number of benzene rings is 2. The van der Waals surface area contributed by atoms with Crippen LogP contribution in [0.3, 0.4) is 0 Å². The summed E-state index contributed by atoms with van der Waals surface area (Å²) in [5, 5.41) is 21.9. The van der Waals surface area contributed by atoms with Crippen LogP contribution in [0, 0.1) is 0 Å². The van der Waals surface area contributed by atoms with Crippen molar-refractivity contribution >= 4 is 32.2 Å². The third-order valence-electron chi connectivity index (χ3n) is 3.29. The minimum atomic E-state index is -4.96. The van der Waals surface area contributed by atoms with Gasteiger partial charge in [0.25, 0.3) is 20.2 Å². The molecule has 0 radical (unpaired) electrons. The van der Waals surface area contributed by atoms with E-state index in [1.54, 1.807) is 0 Å². The van der Waals surface area contributed by atoms with Crippen molar-refractivity contribution in [2.24, 2.45) is 0 Å². The first-order valence-corrected chi connectivity index (χ1v) is 9.36. The fourth-order valence-corrected chi connectivity index (χ4v) is 3.58. The Kier molecular flexibility index (Phi) is 10.9. The van der Waals surface area contributed by atoms with E-state index in [2.05, 4.69) is 0 Å². The number of carboxylic acids is 2. The minimum Gasteiger partial charge on any atom is -0.545 e. The van der Waals surface area contributed by atoms with Gasteiger partial charge in [0.15, 0.2) is 0 Å². The molecule has 138 valence electrons. The van der Waals surface area contributed by atoms with Crippen molar-refractivity contribution in [3.63, 3.8) is 0 Å². The van der Waals surface area contributed by atoms with Crippen molar-refractivity contribution in [3.8, 4) is 11.1 Å². The molecule has 2 rings (SSSR count). The number of rotatable bonds is 5. The predicted octanol–water partition coefficient (Wildman–Crippen LogP) is -7.42. The molecular formula is C14H8K2O10S2. The van der Waals surface area contributed by atoms with Crippen LogP contribution in [0.4, 0.5) is 0 Å². The number of carboxylic acid groups (broad SMARTS) is 2. The zero-order valence-corrected chi connectivity index (χ0v) is 22.3. The van der Waals surface area contributed by atoms with E-state index < -0.39 is 53.1 Å². The van der Waals surface area contributed by atoms with Gasteiger partial charge in [0, 0.05) is 11.1 Å². The first kappa shape index (κ1) is 28.5. The van der Waals surface area contributed by atoms with E-state index in [4.69, 9.17) is 9.11 Å². The monoisotopic (exact) mass is 478 g/mol. The Morgan fingerprint density at radius 1 is 0.679 bits per heavy atom. The second-order valence-electron chi connectivity index (χ2n) is 4.95. The van der Waals surface area contributed by atoms with Gasteiger partial charge in [0.05, 0.1) is 11.9 Å². The van der Waals surface area contributed by atoms with E-state index >= 15 is 0 Å². The molecule has 0 atom stereocenters. The zero-order chi connectivity index (χ0) is 19.9. The van der Waals surface area contributed by atoms with Crippen LogP contribution in [0.2, 0.25) is 0 Å². The minimum absolute atomic E-state index is 0. The molecule has 0 saturated carbocycles. The van der Waals surface area contributed by atoms with E-state index in [9.17, 15) is 36.6 Å². The van der Waals surface area contributed by atoms with Crippen molar-refractivity contribution in [1.29, 1.82) is 0 Å². The molecule has 0 aliphatic rings. The van der Waals surface area contributed by atoms with E-state index in [0.717, 1.165) is 36.4 Å². The molecule has 0 heterocycles. The molecule has 0 saturated heterocycles. The smallest absolute Gasteiger partial charge is 0.545 e. The molecule has 0 bridgehead atoms. The van der Waals surface area contributed by atoms with Crippen LogP contribution in [-0.2, 0) is 20.2 Å². The van der Waals surface area contributed by atoms with Crippen molar-refractivity contribution in [3.05, 3.63) is 47.5 Å². The van der Waals surface area contributed by atoms with Gasteiger partial charge < -0.3 is 19.8 Å². The summed E-state index contributed by atoms with van der Waals surface area (Å²) in [6.07, 6.45) is 0. The molecule has 2 aromatic rings. The fraction of sp³-hybridized carbons (Fsp3) is 0. The molecule has 2 N–H and O–H groups in total. The third kappa shape index (κ3) is 6.74. The standard InChI is InChI=1S/C14H10O10S2.2K/c15-13(16)9-3-1-7(5-11(9)25(19,20)21)8-2-4-10(14(17)18)12(6-8)26(22,23)24;;/h1-6H,(H,15,16)(H,17,18)(H,19,20,21)(H,22,23,24);;/q;2*+1/p-2. The van der Waals surface area contributed by atoms with Crippen LogP contribution in [0.1, 0.15) is 20.7 Å². The normalized spacial score (nSPS) is 11.1. The van der Waals surface area contributed by atoms with Gasteiger partial charge in [-0.1, -0.05) is 24.3 Å². The SMILES string of the molecule is O=C([O-])c1ccc(-c2ccc(C(=O)[O-])c(S(=O)(=O)O)c2)cc1S(=O)(=O)O.[K+].[K+]. The van der Waals surface area contributed by atoms with Crippen LogP contribution in [0.25, 0.3) is 11.1 Å². The number of hydrogen-bond acceptors (Lipinski definition) is 8. The number of hydrogen-bond donors (Lipinski definition) is 2. The third-order valence-corrected chi connectivity index (χ3v) is 5.08. The average Bonchev–Trinajstić information content (AvgIpc) is 2.51. The Labute approximate surface area is 244 Å². The summed E-state index contributed by atoms with van der Waals surface area (Å²) < 4.78 is 63.7. The second-order valence-corrected chi connectivity index (χ2v) is 7.73. The molecule has 0 spiro atoms. The van der Waals surface area contributed by atoms with Gasteiger partial charge in [-0.15, -0.1) is 0 Å². The van der Waals surface area contributed by atoms with E-state index in [0.29, 0.717) is 0 Å². The van der Waals surface area contributed by atoms with Gasteiger partial charge in [0.2, 0.25) is 0 Å². The van der Waals surface area contributed by atoms with Gasteiger partial charge in [-0.2, -0.15) is 16.8 Å². The number of carbonyl (C=O) groups is 2. The van der Waals surface area contributed by atoms with Crippen LogP contribution in [-0.4, -0.2) is 37.9 Å². The first-order chi connectivity index (χ1) is 11.8. The number of carbonyl (C=O) groups excluding carboxylic acids is 2. The molecule has 14 heteroatoms. The van der Waals surface area contributed by atoms with Crippen LogP contribution >= 0.6 is 0 Å². The van der Waals surface area contributed by atoms with Crippen molar-refractivity contribution in [1.82, 2.24) is 0 Å². The van der Waals surface area contributed by atoms with Gasteiger partial charge in [-0.25, -0.2) is 0 Å². The summed E-state index contributed by atoms with van der Waals surface area (Å²) in [6.45, 7) is 0. The summed E-state index contributed by atoms with van der Waals surface area (Å²) in [7, 11) is -9.92. The molecule has 0 aliphatic heterocycles. The van der Waals surface area contributed by atoms with Crippen LogP contribution in [0.15, 0.2) is 46.2 Å². The van der Waals surface area contributed by atoms with Crippen molar-refractivity contribution in [2.75, 3.05) is 0 Å². The molecule has 2 aromatic carbocycles. The van der Waals surface area contributed by atoms with Crippen LogP contribution < -0.4 is 113 Å². The topological polar surface area (TPSA) is 189 Å². The molecule has 0 unspecified atom stereocenters. The Morgan fingerprint density at radius 3 is 1.18 bits per heavy atom.